The van der Waals surface area contributed by atoms with Crippen molar-refractivity contribution < 1.29 is 22.8 Å². The van der Waals surface area contributed by atoms with Crippen molar-refractivity contribution in [2.45, 2.75) is 12.7 Å². The summed E-state index contributed by atoms with van der Waals surface area (Å²) in [5, 5.41) is 0. The first-order chi connectivity index (χ1) is 7.86. The number of hydrazine groups is 1. The largest absolute Gasteiger partial charge is 0.390 e. The molecule has 0 radical (unpaired) electrons. The van der Waals surface area contributed by atoms with E-state index in [2.05, 4.69) is 25.9 Å². The molecule has 0 bridgehead atoms. The predicted molar refractivity (Wildman–Crippen MR) is 61.4 cm³/mol. The van der Waals surface area contributed by atoms with E-state index in [1.807, 2.05) is 0 Å². The number of alkyl halides is 2. The molecule has 4 N–H and O–H groups in total. The quantitative estimate of drug-likeness (QED) is 0.436. The predicted octanol–water partition coefficient (Wildman–Crippen LogP) is 1.86. The van der Waals surface area contributed by atoms with Gasteiger partial charge >= 0.3 is 14.4 Å². The van der Waals surface area contributed by atoms with Gasteiger partial charge in [0.2, 0.25) is 0 Å². The van der Waals surface area contributed by atoms with Gasteiger partial charge < -0.3 is 4.89 Å². The van der Waals surface area contributed by atoms with Crippen molar-refractivity contribution >= 4 is 24.2 Å². The van der Waals surface area contributed by atoms with Crippen LogP contribution in [0.1, 0.15) is 11.1 Å². The highest BCUT2D eigenvalue weighted by molar-refractivity contribution is 9.10. The van der Waals surface area contributed by atoms with Crippen LogP contribution in [-0.4, -0.2) is 4.89 Å². The van der Waals surface area contributed by atoms with Crippen LogP contribution in [0.5, 0.6) is 0 Å². The van der Waals surface area contributed by atoms with Crippen molar-refractivity contribution in [3.8, 4) is 0 Å². The Morgan fingerprint density at radius 2 is 2.24 bits per heavy atom. The maximum absolute atomic E-state index is 13.4. The fourth-order valence-corrected chi connectivity index (χ4v) is 2.17. The lowest BCUT2D eigenvalue weighted by atomic mass is 10.1. The molecule has 0 aliphatic carbocycles. The average Bonchev–Trinajstić information content (AvgIpc) is 2.15. The molecule has 0 amide bonds. The molecule has 0 fully saturated rings. The highest BCUT2D eigenvalue weighted by Crippen LogP contribution is 2.40. The van der Waals surface area contributed by atoms with Gasteiger partial charge in [-0.1, -0.05) is 22.0 Å². The number of nitrogens with two attached hydrogens (primary N) is 1. The van der Waals surface area contributed by atoms with E-state index >= 15 is 0 Å². The van der Waals surface area contributed by atoms with Crippen LogP contribution in [-0.2, 0) is 21.7 Å². The van der Waals surface area contributed by atoms with Gasteiger partial charge in [0.25, 0.3) is 0 Å². The van der Waals surface area contributed by atoms with Crippen molar-refractivity contribution in [3.63, 3.8) is 0 Å². The maximum atomic E-state index is 13.4. The van der Waals surface area contributed by atoms with Crippen LogP contribution >= 0.6 is 24.2 Å². The molecule has 96 valence electrons. The summed E-state index contributed by atoms with van der Waals surface area (Å²) in [7, 11) is -3.73. The summed E-state index contributed by atoms with van der Waals surface area (Å²) in [6.07, 6.45) is -3.82. The van der Waals surface area contributed by atoms with Gasteiger partial charge in [-0.05, 0) is 17.7 Å². The molecule has 5 nitrogen and oxygen atoms in total. The highest BCUT2D eigenvalue weighted by atomic mass is 79.9. The zero-order valence-corrected chi connectivity index (χ0v) is 11.0. The molecule has 0 aromatic heterocycles. The summed E-state index contributed by atoms with van der Waals surface area (Å²) in [6.45, 7) is 0.307. The third-order valence-corrected chi connectivity index (χ3v) is 2.96. The summed E-state index contributed by atoms with van der Waals surface area (Å²) in [6, 6.07) is 3.93. The van der Waals surface area contributed by atoms with E-state index in [9.17, 15) is 13.3 Å². The summed E-state index contributed by atoms with van der Waals surface area (Å²) in [5.41, 5.74) is 2.53. The average molecular weight is 331 g/mol. The first kappa shape index (κ1) is 14.7. The number of rotatable bonds is 5. The molecule has 0 heterocycles. The van der Waals surface area contributed by atoms with E-state index in [1.54, 1.807) is 0 Å². The van der Waals surface area contributed by atoms with Gasteiger partial charge in [0, 0.05) is 11.0 Å². The van der Waals surface area contributed by atoms with Crippen molar-refractivity contribution in [1.29, 1.82) is 0 Å². The van der Waals surface area contributed by atoms with Crippen molar-refractivity contribution in [1.82, 2.24) is 5.43 Å². The molecule has 1 aromatic carbocycles. The van der Waals surface area contributed by atoms with Gasteiger partial charge in [0.15, 0.2) is 0 Å². The van der Waals surface area contributed by atoms with Crippen LogP contribution in [0.4, 0.5) is 8.78 Å². The molecular formula is C8H10BrF2N2O3P. The highest BCUT2D eigenvalue weighted by Gasteiger charge is 2.36. The Labute approximate surface area is 105 Å². The first-order valence-electron chi connectivity index (χ1n) is 4.39. The Morgan fingerprint density at radius 1 is 1.59 bits per heavy atom. The Morgan fingerprint density at radius 3 is 2.71 bits per heavy atom. The van der Waals surface area contributed by atoms with Crippen molar-refractivity contribution in [2.75, 3.05) is 0 Å². The number of halogens is 3. The molecule has 1 rings (SSSR count). The number of hydrogen-bond donors (Lipinski definition) is 3. The van der Waals surface area contributed by atoms with E-state index in [0.29, 0.717) is 12.1 Å². The number of hydrogen-bond acceptors (Lipinski definition) is 4. The number of nitrogens with one attached hydrogen (secondary N) is 1. The molecule has 0 aliphatic heterocycles. The topological polar surface area (TPSA) is 84.6 Å². The molecule has 9 heteroatoms. The van der Waals surface area contributed by atoms with Gasteiger partial charge in [-0.15, -0.1) is 0 Å². The summed E-state index contributed by atoms with van der Waals surface area (Å²) < 4.78 is 40.8. The summed E-state index contributed by atoms with van der Waals surface area (Å²) in [5.74, 6) is 5.09. The van der Waals surface area contributed by atoms with Crippen LogP contribution in [0.15, 0.2) is 22.7 Å². The minimum Gasteiger partial charge on any atom is -0.326 e. The van der Waals surface area contributed by atoms with Gasteiger partial charge in [0.1, 0.15) is 0 Å². The molecule has 0 saturated carbocycles. The Kier molecular flexibility index (Phi) is 5.18. The second-order valence-electron chi connectivity index (χ2n) is 3.08. The Bertz CT molecular complexity index is 433. The van der Waals surface area contributed by atoms with E-state index in [4.69, 9.17) is 10.7 Å². The molecular weight excluding hydrogens is 321 g/mol. The maximum Gasteiger partial charge on any atom is 0.390 e. The van der Waals surface area contributed by atoms with Crippen LogP contribution in [0.3, 0.4) is 0 Å². The zero-order valence-electron chi connectivity index (χ0n) is 8.41. The number of benzene rings is 1. The second-order valence-corrected chi connectivity index (χ2v) is 4.67. The van der Waals surface area contributed by atoms with Gasteiger partial charge in [-0.3, -0.25) is 15.8 Å². The van der Waals surface area contributed by atoms with Gasteiger partial charge in [-0.2, -0.15) is 8.78 Å². The molecule has 0 spiro atoms. The fourth-order valence-electron chi connectivity index (χ4n) is 1.19. The van der Waals surface area contributed by atoms with Crippen LogP contribution in [0, 0.1) is 0 Å². The lowest BCUT2D eigenvalue weighted by molar-refractivity contribution is -0.186. The van der Waals surface area contributed by atoms with Crippen LogP contribution < -0.4 is 11.3 Å². The SMILES string of the molecule is NNCc1ccc(C(F)(F)O[PH](=O)O)c(Br)c1. The van der Waals surface area contributed by atoms with Gasteiger partial charge in [-0.25, -0.2) is 4.52 Å². The lowest BCUT2D eigenvalue weighted by Crippen LogP contribution is -2.21. The van der Waals surface area contributed by atoms with Crippen molar-refractivity contribution in [2.24, 2.45) is 5.84 Å². The Balaban J connectivity index is 3.02. The molecule has 0 saturated heterocycles. The summed E-state index contributed by atoms with van der Waals surface area (Å²) in [4.78, 5) is 8.38. The molecule has 17 heavy (non-hydrogen) atoms. The minimum absolute atomic E-state index is 0.0681. The smallest absolute Gasteiger partial charge is 0.326 e. The minimum atomic E-state index is -3.82. The third kappa shape index (κ3) is 4.09. The zero-order chi connectivity index (χ0) is 13.1. The van der Waals surface area contributed by atoms with Gasteiger partial charge in [0.05, 0.1) is 5.56 Å². The normalized spacial score (nSPS) is 13.7. The molecule has 1 unspecified atom stereocenters. The first-order valence-corrected chi connectivity index (χ1v) is 6.44. The fraction of sp³-hybridized carbons (Fsp3) is 0.250. The van der Waals surface area contributed by atoms with Crippen molar-refractivity contribution in [3.05, 3.63) is 33.8 Å². The summed E-state index contributed by atoms with van der Waals surface area (Å²) >= 11 is 2.94. The van der Waals surface area contributed by atoms with E-state index in [-0.39, 0.29) is 4.47 Å². The van der Waals surface area contributed by atoms with Crippen LogP contribution in [0.2, 0.25) is 0 Å². The third-order valence-electron chi connectivity index (χ3n) is 1.87. The Hall–Kier alpha value is -0.370. The standard InChI is InChI=1S/C8H10BrF2N2O3P/c9-7-3-5(4-13-12)1-2-6(7)8(10,11)16-17(14)15/h1-3,13,17H,4,12H2,(H,14,15). The van der Waals surface area contributed by atoms with Crippen LogP contribution in [0.25, 0.3) is 0 Å². The molecule has 1 atom stereocenters. The second kappa shape index (κ2) is 5.99. The van der Waals surface area contributed by atoms with E-state index < -0.39 is 19.9 Å². The monoisotopic (exact) mass is 330 g/mol. The van der Waals surface area contributed by atoms with E-state index in [1.165, 1.54) is 12.1 Å². The van der Waals surface area contributed by atoms with E-state index in [0.717, 1.165) is 6.07 Å². The molecule has 1 aromatic rings. The molecule has 0 aliphatic rings. The lowest BCUT2D eigenvalue weighted by Gasteiger charge is -2.17.